The van der Waals surface area contributed by atoms with Gasteiger partial charge < -0.3 is 10.0 Å². The number of aryl methyl sites for hydroxylation is 1. The fourth-order valence-corrected chi connectivity index (χ4v) is 3.22. The zero-order valence-corrected chi connectivity index (χ0v) is 11.5. The fourth-order valence-electron chi connectivity index (χ4n) is 2.32. The van der Waals surface area contributed by atoms with Crippen molar-refractivity contribution in [1.82, 2.24) is 4.98 Å². The highest BCUT2D eigenvalue weighted by Gasteiger charge is 2.23. The Morgan fingerprint density at radius 2 is 2.35 bits per heavy atom. The van der Waals surface area contributed by atoms with Crippen molar-refractivity contribution in [2.24, 2.45) is 0 Å². The summed E-state index contributed by atoms with van der Waals surface area (Å²) in [5.41, 5.74) is 2.76. The topological polar surface area (TPSA) is 53.4 Å². The van der Waals surface area contributed by atoms with Gasteiger partial charge in [-0.3, -0.25) is 4.79 Å². The van der Waals surface area contributed by atoms with Crippen LogP contribution < -0.4 is 4.90 Å². The molecule has 20 heavy (non-hydrogen) atoms. The molecule has 1 N–H and O–H groups in total. The van der Waals surface area contributed by atoms with E-state index in [-0.39, 0.29) is 12.2 Å². The van der Waals surface area contributed by atoms with Crippen molar-refractivity contribution in [2.45, 2.75) is 19.3 Å². The molecule has 2 aromatic rings. The van der Waals surface area contributed by atoms with Crippen molar-refractivity contribution >= 4 is 28.1 Å². The minimum absolute atomic E-state index is 0.0778. The minimum Gasteiger partial charge on any atom is -0.481 e. The highest BCUT2D eigenvalue weighted by Crippen LogP contribution is 2.36. The SMILES string of the molecule is O=C(O)CCc1csc(N2CCc3ccc(F)cc32)n1. The first-order valence-corrected chi connectivity index (χ1v) is 7.23. The number of halogens is 1. The maximum absolute atomic E-state index is 13.4. The predicted molar refractivity (Wildman–Crippen MR) is 75.2 cm³/mol. The molecule has 0 saturated carbocycles. The van der Waals surface area contributed by atoms with Crippen LogP contribution >= 0.6 is 11.3 Å². The van der Waals surface area contributed by atoms with E-state index in [2.05, 4.69) is 4.98 Å². The number of thiazole rings is 1. The number of anilines is 2. The number of nitrogens with zero attached hydrogens (tertiary/aromatic N) is 2. The lowest BCUT2D eigenvalue weighted by molar-refractivity contribution is -0.136. The molecule has 0 saturated heterocycles. The number of hydrogen-bond acceptors (Lipinski definition) is 4. The zero-order chi connectivity index (χ0) is 14.1. The summed E-state index contributed by atoms with van der Waals surface area (Å²) in [4.78, 5) is 17.0. The van der Waals surface area contributed by atoms with Gasteiger partial charge in [0.15, 0.2) is 5.13 Å². The highest BCUT2D eigenvalue weighted by molar-refractivity contribution is 7.13. The number of rotatable bonds is 4. The highest BCUT2D eigenvalue weighted by atomic mass is 32.1. The van der Waals surface area contributed by atoms with Crippen molar-refractivity contribution < 1.29 is 14.3 Å². The summed E-state index contributed by atoms with van der Waals surface area (Å²) >= 11 is 1.47. The summed E-state index contributed by atoms with van der Waals surface area (Å²) in [6.45, 7) is 0.782. The minimum atomic E-state index is -0.826. The molecule has 2 heterocycles. The Bertz CT molecular complexity index is 656. The first kappa shape index (κ1) is 13.1. The fraction of sp³-hybridized carbons (Fsp3) is 0.286. The number of aliphatic carboxylic acids is 1. The Labute approximate surface area is 119 Å². The molecule has 0 radical (unpaired) electrons. The van der Waals surface area contributed by atoms with Crippen LogP contribution in [0.4, 0.5) is 15.2 Å². The summed E-state index contributed by atoms with van der Waals surface area (Å²) in [5.74, 6) is -1.08. The molecule has 1 aliphatic rings. The molecule has 1 aromatic heterocycles. The van der Waals surface area contributed by atoms with Crippen LogP contribution in [0.1, 0.15) is 17.7 Å². The van der Waals surface area contributed by atoms with Crippen LogP contribution in [0.25, 0.3) is 0 Å². The standard InChI is InChI=1S/C14H13FN2O2S/c15-10-2-1-9-5-6-17(12(9)7-10)14-16-11(8-20-14)3-4-13(18)19/h1-2,7-8H,3-6H2,(H,18,19). The van der Waals surface area contributed by atoms with Gasteiger partial charge in [-0.05, 0) is 24.1 Å². The number of aromatic nitrogens is 1. The normalized spacial score (nSPS) is 13.6. The second-order valence-electron chi connectivity index (χ2n) is 4.69. The molecule has 1 aromatic carbocycles. The molecule has 0 bridgehead atoms. The number of hydrogen-bond donors (Lipinski definition) is 1. The molecule has 4 nitrogen and oxygen atoms in total. The first-order valence-electron chi connectivity index (χ1n) is 6.35. The van der Waals surface area contributed by atoms with E-state index >= 15 is 0 Å². The van der Waals surface area contributed by atoms with Crippen molar-refractivity contribution in [1.29, 1.82) is 0 Å². The Kier molecular flexibility index (Phi) is 3.40. The first-order chi connectivity index (χ1) is 9.63. The number of carbonyl (C=O) groups is 1. The average Bonchev–Trinajstić information content (AvgIpc) is 3.01. The third kappa shape index (κ3) is 2.51. The van der Waals surface area contributed by atoms with Gasteiger partial charge in [0.05, 0.1) is 12.1 Å². The number of carboxylic acid groups (broad SMARTS) is 1. The van der Waals surface area contributed by atoms with E-state index in [0.717, 1.165) is 35.0 Å². The van der Waals surface area contributed by atoms with Crippen LogP contribution in [0.3, 0.4) is 0 Å². The van der Waals surface area contributed by atoms with Gasteiger partial charge in [0.2, 0.25) is 0 Å². The summed E-state index contributed by atoms with van der Waals surface area (Å²) in [7, 11) is 0. The van der Waals surface area contributed by atoms with Crippen LogP contribution in [0.15, 0.2) is 23.6 Å². The largest absolute Gasteiger partial charge is 0.481 e. The zero-order valence-electron chi connectivity index (χ0n) is 10.7. The molecule has 104 valence electrons. The lowest BCUT2D eigenvalue weighted by Gasteiger charge is -2.15. The maximum Gasteiger partial charge on any atom is 0.303 e. The van der Waals surface area contributed by atoms with E-state index in [1.165, 1.54) is 23.5 Å². The van der Waals surface area contributed by atoms with Crippen LogP contribution in [0.5, 0.6) is 0 Å². The average molecular weight is 292 g/mol. The van der Waals surface area contributed by atoms with E-state index in [1.807, 2.05) is 16.3 Å². The van der Waals surface area contributed by atoms with Crippen molar-refractivity contribution in [3.8, 4) is 0 Å². The van der Waals surface area contributed by atoms with Gasteiger partial charge in [-0.15, -0.1) is 11.3 Å². The van der Waals surface area contributed by atoms with E-state index in [4.69, 9.17) is 5.11 Å². The van der Waals surface area contributed by atoms with Gasteiger partial charge in [0.25, 0.3) is 0 Å². The molecule has 0 unspecified atom stereocenters. The van der Waals surface area contributed by atoms with Gasteiger partial charge >= 0.3 is 5.97 Å². The molecule has 0 aliphatic carbocycles. The van der Waals surface area contributed by atoms with Crippen molar-refractivity contribution in [3.05, 3.63) is 40.7 Å². The van der Waals surface area contributed by atoms with Gasteiger partial charge in [-0.25, -0.2) is 9.37 Å². The molecule has 1 aliphatic heterocycles. The monoisotopic (exact) mass is 292 g/mol. The quantitative estimate of drug-likeness (QED) is 0.941. The summed E-state index contributed by atoms with van der Waals surface area (Å²) < 4.78 is 13.4. The summed E-state index contributed by atoms with van der Waals surface area (Å²) in [6.07, 6.45) is 1.38. The predicted octanol–water partition coefficient (Wildman–Crippen LogP) is 2.99. The Morgan fingerprint density at radius 3 is 3.15 bits per heavy atom. The lowest BCUT2D eigenvalue weighted by Crippen LogP contribution is -2.13. The lowest BCUT2D eigenvalue weighted by atomic mass is 10.2. The third-order valence-electron chi connectivity index (χ3n) is 3.31. The van der Waals surface area contributed by atoms with E-state index in [9.17, 15) is 9.18 Å². The Morgan fingerprint density at radius 1 is 1.50 bits per heavy atom. The van der Waals surface area contributed by atoms with Gasteiger partial charge in [0, 0.05) is 24.0 Å². The smallest absolute Gasteiger partial charge is 0.303 e. The second-order valence-corrected chi connectivity index (χ2v) is 5.53. The maximum atomic E-state index is 13.4. The third-order valence-corrected chi connectivity index (χ3v) is 4.22. The number of benzene rings is 1. The molecule has 0 atom stereocenters. The summed E-state index contributed by atoms with van der Waals surface area (Å²) in [5, 5.41) is 11.3. The molecule has 0 amide bonds. The van der Waals surface area contributed by atoms with Crippen LogP contribution in [-0.4, -0.2) is 22.6 Å². The van der Waals surface area contributed by atoms with Gasteiger partial charge in [-0.2, -0.15) is 0 Å². The van der Waals surface area contributed by atoms with Gasteiger partial charge in [-0.1, -0.05) is 6.07 Å². The van der Waals surface area contributed by atoms with E-state index in [1.54, 1.807) is 0 Å². The molecular weight excluding hydrogens is 279 g/mol. The molecule has 6 heteroatoms. The van der Waals surface area contributed by atoms with Crippen LogP contribution in [0.2, 0.25) is 0 Å². The Hall–Kier alpha value is -1.95. The van der Waals surface area contributed by atoms with Gasteiger partial charge in [0.1, 0.15) is 5.82 Å². The molecule has 0 spiro atoms. The molecule has 3 rings (SSSR count). The Balaban J connectivity index is 1.82. The number of carboxylic acids is 1. The summed E-state index contributed by atoms with van der Waals surface area (Å²) in [6, 6.07) is 4.81. The van der Waals surface area contributed by atoms with Crippen molar-refractivity contribution in [3.63, 3.8) is 0 Å². The van der Waals surface area contributed by atoms with E-state index < -0.39 is 5.97 Å². The van der Waals surface area contributed by atoms with Crippen LogP contribution in [0, 0.1) is 5.82 Å². The molecule has 0 fully saturated rings. The van der Waals surface area contributed by atoms with Crippen LogP contribution in [-0.2, 0) is 17.6 Å². The van der Waals surface area contributed by atoms with Crippen molar-refractivity contribution in [2.75, 3.05) is 11.4 Å². The molecular formula is C14H13FN2O2S. The number of fused-ring (bicyclic) bond motifs is 1. The van der Waals surface area contributed by atoms with E-state index in [0.29, 0.717) is 6.42 Å². The second kappa shape index (κ2) is 5.20.